The summed E-state index contributed by atoms with van der Waals surface area (Å²) in [6.45, 7) is 34.2. The number of rotatable bonds is 21. The van der Waals surface area contributed by atoms with Crippen molar-refractivity contribution < 1.29 is 96.5 Å². The van der Waals surface area contributed by atoms with Crippen LogP contribution >= 0.6 is 7.15 Å². The standard InChI is InChI=1S/C16H48O20Si16.C5H13O3PS2Si/c1-37(2)17-45-25-46(18-38(3)4)28-49(21-41(9)10)30-47(26-45,19-39(5)6)32-51(23-43(13)14)33-48(27-45,20-40(7)8)31-50(29-46,22-42(11)12)35-52(34-49,36-51)24-44(15)16;1-12(2,5-3-4-6)8-9(7)11-10/h1-16H3;6H,3-5H2,1-2H3. The van der Waals surface area contributed by atoms with E-state index >= 15 is 0 Å². The van der Waals surface area contributed by atoms with Gasteiger partial charge in [0.1, 0.15) is 0 Å². The molecular weight excluding hydrogens is 1190 g/mol. The molecule has 64 heavy (non-hydrogen) atoms. The van der Waals surface area contributed by atoms with Crippen LogP contribution in [0, 0.1) is 0 Å². The van der Waals surface area contributed by atoms with Crippen molar-refractivity contribution >= 4 is 181 Å². The molecule has 6 heterocycles. The Balaban J connectivity index is 0.000000654. The van der Waals surface area contributed by atoms with Crippen molar-refractivity contribution in [1.29, 1.82) is 0 Å². The molecule has 6 aliphatic rings. The lowest BCUT2D eigenvalue weighted by molar-refractivity contribution is -0.165. The second-order valence-electron chi connectivity index (χ2n) is 16.3. The lowest BCUT2D eigenvalue weighted by Gasteiger charge is -2.59. The fourth-order valence-electron chi connectivity index (χ4n) is 5.60. The minimum absolute atomic E-state index is 0.164. The zero-order valence-electron chi connectivity index (χ0n) is 39.3. The summed E-state index contributed by atoms with van der Waals surface area (Å²) in [4.78, 5) is 10.9. The number of aliphatic hydroxyl groups excluding tert-OH is 1. The largest absolute Gasteiger partial charge is 0.651 e. The van der Waals surface area contributed by atoms with Crippen LogP contribution in [0.5, 0.6) is 0 Å². The highest BCUT2D eigenvalue weighted by molar-refractivity contribution is 8.33. The maximum absolute atomic E-state index is 10.9. The van der Waals surface area contributed by atoms with Crippen LogP contribution in [0.2, 0.25) is 124 Å². The number of hydrogen-bond acceptors (Lipinski definition) is 24. The van der Waals surface area contributed by atoms with Gasteiger partial charge in [0.05, 0.1) is 0 Å². The SMILES string of the molecule is C[Si](C)(CCCO)O[P+]([O-])=S=S.C[Si](C)O[Si]12O[Si]3(O[Si](C)C)O[Si]4(O[Si](C)C)O[Si](O[Si](C)C)(O1)O[Si]1(O[Si](C)C)O[Si](O[Si](C)C)(O2)O[Si](O[Si](C)C)(O3)O[Si](O[Si](C)C)(O4)O1. The molecule has 0 amide bonds. The van der Waals surface area contributed by atoms with Gasteiger partial charge in [-0.1, -0.05) is 0 Å². The highest BCUT2D eigenvalue weighted by Gasteiger charge is 2.91. The lowest BCUT2D eigenvalue weighted by Crippen LogP contribution is -2.92. The molecule has 6 saturated heterocycles. The molecule has 1 atom stereocenters. The molecule has 23 nitrogen and oxygen atoms in total. The van der Waals surface area contributed by atoms with Crippen LogP contribution < -0.4 is 4.89 Å². The van der Waals surface area contributed by atoms with E-state index in [1.807, 2.05) is 118 Å². The quantitative estimate of drug-likeness (QED) is 0.128. The normalized spacial score (nSPS) is 36.5. The van der Waals surface area contributed by atoms with Gasteiger partial charge >= 0.3 is 72.4 Å². The molecule has 6 rings (SSSR count). The van der Waals surface area contributed by atoms with Gasteiger partial charge in [0.15, 0.2) is 81.8 Å². The first kappa shape index (κ1) is 60.1. The van der Waals surface area contributed by atoms with Crippen LogP contribution in [0.1, 0.15) is 6.42 Å². The Morgan fingerprint density at radius 2 is 0.609 bits per heavy atom. The van der Waals surface area contributed by atoms with Crippen LogP contribution in [0.15, 0.2) is 0 Å². The molecule has 6 fully saturated rings. The molecule has 43 heteroatoms. The summed E-state index contributed by atoms with van der Waals surface area (Å²) < 4.78 is 143. The summed E-state index contributed by atoms with van der Waals surface area (Å²) in [7, 11) is -55.2. The summed E-state index contributed by atoms with van der Waals surface area (Å²) in [5.41, 5.74) is 0. The van der Waals surface area contributed by atoms with Crippen LogP contribution in [0.4, 0.5) is 0 Å². The second kappa shape index (κ2) is 23.8. The van der Waals surface area contributed by atoms with E-state index in [0.29, 0.717) is 6.42 Å². The van der Waals surface area contributed by atoms with Crippen LogP contribution in [0.25, 0.3) is 0 Å². The van der Waals surface area contributed by atoms with Gasteiger partial charge in [-0.05, 0) is 130 Å². The zero-order chi connectivity index (χ0) is 48.4. The highest BCUT2D eigenvalue weighted by Crippen LogP contribution is 2.51. The molecule has 8 radical (unpaired) electrons. The third kappa shape index (κ3) is 16.8. The molecule has 0 aromatic carbocycles. The topological polar surface area (TPSA) is 237 Å². The minimum atomic E-state index is -4.80. The van der Waals surface area contributed by atoms with E-state index < -0.39 is 160 Å². The predicted molar refractivity (Wildman–Crippen MR) is 264 cm³/mol. The van der Waals surface area contributed by atoms with Gasteiger partial charge in [-0.25, -0.2) is 4.21 Å². The zero-order valence-corrected chi connectivity index (χ0v) is 58.8. The Kier molecular flexibility index (Phi) is 22.3. The van der Waals surface area contributed by atoms with Gasteiger partial charge in [0.2, 0.25) is 0 Å². The molecule has 6 aliphatic heterocycles. The van der Waals surface area contributed by atoms with Crippen molar-refractivity contribution in [2.45, 2.75) is 130 Å². The first-order valence-corrected chi connectivity index (χ1v) is 58.7. The van der Waals surface area contributed by atoms with Gasteiger partial charge < -0.3 is 92.3 Å². The fourth-order valence-corrected chi connectivity index (χ4v) is 68.3. The van der Waals surface area contributed by atoms with Crippen molar-refractivity contribution in [3.63, 3.8) is 0 Å². The number of hydrogen-bond donors (Lipinski definition) is 1. The summed E-state index contributed by atoms with van der Waals surface area (Å²) in [6, 6.07) is 0.820. The molecule has 1 N–H and O–H groups in total. The first-order valence-electron chi connectivity index (χ1n) is 19.8. The Bertz CT molecular complexity index is 1270. The Hall–Kier alpha value is 3.51. The molecule has 0 aromatic heterocycles. The van der Waals surface area contributed by atoms with E-state index in [1.54, 1.807) is 0 Å². The maximum Gasteiger partial charge on any atom is 0.651 e. The van der Waals surface area contributed by atoms with Crippen molar-refractivity contribution in [3.05, 3.63) is 0 Å². The van der Waals surface area contributed by atoms with Gasteiger partial charge in [0.25, 0.3) is 15.5 Å². The minimum Gasteiger partial charge on any atom is -0.592 e. The molecule has 0 aromatic rings. The van der Waals surface area contributed by atoms with Crippen molar-refractivity contribution in [3.8, 4) is 0 Å². The highest BCUT2D eigenvalue weighted by atomic mass is 32.9. The molecule has 0 saturated carbocycles. The summed E-state index contributed by atoms with van der Waals surface area (Å²) in [6.07, 6.45) is 0.713. The van der Waals surface area contributed by atoms with E-state index in [-0.39, 0.29) is 6.61 Å². The van der Waals surface area contributed by atoms with E-state index in [1.165, 1.54) is 0 Å². The molecule has 1 unspecified atom stereocenters. The van der Waals surface area contributed by atoms with Crippen LogP contribution in [-0.4, -0.2) is 165 Å². The lowest BCUT2D eigenvalue weighted by atomic mass is 10.5. The number of aliphatic hydroxyl groups is 1. The smallest absolute Gasteiger partial charge is 0.592 e. The Labute approximate surface area is 411 Å². The summed E-state index contributed by atoms with van der Waals surface area (Å²) >= 11 is 4.54. The predicted octanol–water partition coefficient (Wildman–Crippen LogP) is 2.60. The third-order valence-electron chi connectivity index (χ3n) is 6.95. The van der Waals surface area contributed by atoms with Crippen molar-refractivity contribution in [1.82, 2.24) is 0 Å². The monoisotopic (exact) mass is 1250 g/mol. The van der Waals surface area contributed by atoms with E-state index in [4.69, 9.17) is 91.6 Å². The molecule has 0 spiro atoms. The van der Waals surface area contributed by atoms with Gasteiger partial charge in [-0.15, -0.1) is 0 Å². The Morgan fingerprint density at radius 3 is 0.734 bits per heavy atom. The first-order chi connectivity index (χ1) is 29.3. The van der Waals surface area contributed by atoms with E-state index in [9.17, 15) is 4.89 Å². The average Bonchev–Trinajstić information content (AvgIpc) is 3.00. The molecule has 8 bridgehead atoms. The molecule has 0 aliphatic carbocycles. The second-order valence-corrected chi connectivity index (χ2v) is 63.2. The molecule has 368 valence electrons. The molecular formula is C21H61O23PS2Si17. The van der Waals surface area contributed by atoms with Gasteiger partial charge in [-0.2, -0.15) is 0 Å². The fraction of sp³-hybridized carbons (Fsp3) is 1.00. The van der Waals surface area contributed by atoms with Crippen LogP contribution in [-0.2, 0) is 107 Å². The maximum atomic E-state index is 10.9. The van der Waals surface area contributed by atoms with Crippen molar-refractivity contribution in [2.24, 2.45) is 0 Å². The van der Waals surface area contributed by atoms with Gasteiger partial charge in [-0.3, -0.25) is 0 Å². The third-order valence-corrected chi connectivity index (χ3v) is 58.4. The van der Waals surface area contributed by atoms with Crippen molar-refractivity contribution in [2.75, 3.05) is 6.61 Å². The van der Waals surface area contributed by atoms with Gasteiger partial charge in [0, 0.05) is 17.8 Å². The van der Waals surface area contributed by atoms with Crippen LogP contribution in [0.3, 0.4) is 0 Å². The van der Waals surface area contributed by atoms with E-state index in [2.05, 4.69) is 11.2 Å². The summed E-state index contributed by atoms with van der Waals surface area (Å²) in [5, 5.41) is 8.59. The summed E-state index contributed by atoms with van der Waals surface area (Å²) in [5.74, 6) is 0. The average molecular weight is 1250 g/mol. The van der Waals surface area contributed by atoms with E-state index in [0.717, 1.165) is 15.5 Å². The Morgan fingerprint density at radius 1 is 0.438 bits per heavy atom.